The van der Waals surface area contributed by atoms with Crippen molar-refractivity contribution in [2.75, 3.05) is 31.1 Å². The van der Waals surface area contributed by atoms with Gasteiger partial charge in [0.15, 0.2) is 0 Å². The summed E-state index contributed by atoms with van der Waals surface area (Å²) in [5.41, 5.74) is 8.51. The van der Waals surface area contributed by atoms with Crippen molar-refractivity contribution in [2.45, 2.75) is 45.7 Å². The molecule has 0 amide bonds. The van der Waals surface area contributed by atoms with E-state index in [2.05, 4.69) is 64.7 Å². The summed E-state index contributed by atoms with van der Waals surface area (Å²) >= 11 is 3.70. The smallest absolute Gasteiger partial charge is 0.0378 e. The highest BCUT2D eigenvalue weighted by molar-refractivity contribution is 9.10. The van der Waals surface area contributed by atoms with Gasteiger partial charge < -0.3 is 10.6 Å². The molecule has 118 valence electrons. The fourth-order valence-corrected chi connectivity index (χ4v) is 3.45. The fourth-order valence-electron chi connectivity index (χ4n) is 2.92. The Morgan fingerprint density at radius 2 is 1.86 bits per heavy atom. The number of rotatable bonds is 5. The second-order valence-electron chi connectivity index (χ2n) is 6.24. The Labute approximate surface area is 137 Å². The third-order valence-corrected chi connectivity index (χ3v) is 5.21. The van der Waals surface area contributed by atoms with Crippen molar-refractivity contribution in [3.63, 3.8) is 0 Å². The summed E-state index contributed by atoms with van der Waals surface area (Å²) < 4.78 is 1.18. The summed E-state index contributed by atoms with van der Waals surface area (Å²) in [5.74, 6) is 0. The molecule has 2 rings (SSSR count). The van der Waals surface area contributed by atoms with Crippen LogP contribution in [0.2, 0.25) is 0 Å². The Hall–Kier alpha value is -0.580. The van der Waals surface area contributed by atoms with Crippen molar-refractivity contribution in [2.24, 2.45) is 5.73 Å². The molecule has 2 atom stereocenters. The van der Waals surface area contributed by atoms with Gasteiger partial charge in [0, 0.05) is 48.4 Å². The summed E-state index contributed by atoms with van der Waals surface area (Å²) in [7, 11) is 0. The number of piperazine rings is 1. The van der Waals surface area contributed by atoms with Crippen molar-refractivity contribution >= 4 is 21.6 Å². The first-order valence-electron chi connectivity index (χ1n) is 8.04. The minimum Gasteiger partial charge on any atom is -0.369 e. The van der Waals surface area contributed by atoms with Crippen molar-refractivity contribution in [1.29, 1.82) is 0 Å². The summed E-state index contributed by atoms with van der Waals surface area (Å²) in [6, 6.07) is 7.60. The third-order valence-electron chi connectivity index (χ3n) is 4.47. The van der Waals surface area contributed by atoms with E-state index in [-0.39, 0.29) is 6.04 Å². The van der Waals surface area contributed by atoms with Crippen molar-refractivity contribution in [3.8, 4) is 0 Å². The van der Waals surface area contributed by atoms with Crippen molar-refractivity contribution in [3.05, 3.63) is 28.2 Å². The number of halogens is 1. The van der Waals surface area contributed by atoms with Gasteiger partial charge in [-0.3, -0.25) is 4.90 Å². The van der Waals surface area contributed by atoms with E-state index >= 15 is 0 Å². The van der Waals surface area contributed by atoms with E-state index in [0.29, 0.717) is 6.04 Å². The molecule has 2 unspecified atom stereocenters. The van der Waals surface area contributed by atoms with E-state index in [9.17, 15) is 0 Å². The standard InChI is InChI=1S/C17H28BrN3/c1-4-14(3)20-7-9-21(10-8-20)16-6-5-15(11-13(2)19)17(18)12-16/h5-6,12-14H,4,7-11,19H2,1-3H3. The van der Waals surface area contributed by atoms with Gasteiger partial charge in [-0.25, -0.2) is 0 Å². The minimum atomic E-state index is 0.200. The van der Waals surface area contributed by atoms with Crippen LogP contribution in [0.15, 0.2) is 22.7 Å². The van der Waals surface area contributed by atoms with Gasteiger partial charge in [-0.1, -0.05) is 28.9 Å². The maximum absolute atomic E-state index is 5.89. The molecule has 2 N–H and O–H groups in total. The lowest BCUT2D eigenvalue weighted by atomic mass is 10.1. The predicted octanol–water partition coefficient (Wildman–Crippen LogP) is 3.26. The third kappa shape index (κ3) is 4.44. The predicted molar refractivity (Wildman–Crippen MR) is 95.0 cm³/mol. The average molecular weight is 354 g/mol. The van der Waals surface area contributed by atoms with Crippen LogP contribution >= 0.6 is 15.9 Å². The fraction of sp³-hybridized carbons (Fsp3) is 0.647. The van der Waals surface area contributed by atoms with Crippen LogP contribution in [-0.2, 0) is 6.42 Å². The zero-order chi connectivity index (χ0) is 15.4. The van der Waals surface area contributed by atoms with E-state index in [4.69, 9.17) is 5.73 Å². The van der Waals surface area contributed by atoms with Gasteiger partial charge in [-0.2, -0.15) is 0 Å². The van der Waals surface area contributed by atoms with Crippen LogP contribution in [0, 0.1) is 0 Å². The van der Waals surface area contributed by atoms with E-state index in [1.54, 1.807) is 0 Å². The molecule has 1 heterocycles. The molecule has 0 bridgehead atoms. The lowest BCUT2D eigenvalue weighted by Crippen LogP contribution is -2.49. The maximum Gasteiger partial charge on any atom is 0.0378 e. The van der Waals surface area contributed by atoms with Crippen LogP contribution in [0.4, 0.5) is 5.69 Å². The normalized spacial score (nSPS) is 19.6. The molecule has 1 aromatic carbocycles. The van der Waals surface area contributed by atoms with Crippen LogP contribution in [0.3, 0.4) is 0 Å². The molecule has 0 aromatic heterocycles. The summed E-state index contributed by atoms with van der Waals surface area (Å²) in [5, 5.41) is 0. The molecule has 21 heavy (non-hydrogen) atoms. The molecule has 0 radical (unpaired) electrons. The van der Waals surface area contributed by atoms with Gasteiger partial charge in [-0.05, 0) is 44.4 Å². The molecular formula is C17H28BrN3. The highest BCUT2D eigenvalue weighted by Crippen LogP contribution is 2.26. The topological polar surface area (TPSA) is 32.5 Å². The van der Waals surface area contributed by atoms with Crippen LogP contribution in [0.25, 0.3) is 0 Å². The largest absolute Gasteiger partial charge is 0.369 e. The monoisotopic (exact) mass is 353 g/mol. The van der Waals surface area contributed by atoms with Gasteiger partial charge in [0.1, 0.15) is 0 Å². The molecule has 1 aromatic rings. The zero-order valence-corrected chi connectivity index (χ0v) is 15.1. The molecule has 0 spiro atoms. The number of nitrogens with zero attached hydrogens (tertiary/aromatic N) is 2. The number of hydrogen-bond acceptors (Lipinski definition) is 3. The Morgan fingerprint density at radius 3 is 2.38 bits per heavy atom. The Kier molecular flexibility index (Phi) is 6.08. The lowest BCUT2D eigenvalue weighted by Gasteiger charge is -2.39. The van der Waals surface area contributed by atoms with Gasteiger partial charge >= 0.3 is 0 Å². The Morgan fingerprint density at radius 1 is 1.19 bits per heavy atom. The molecule has 0 aliphatic carbocycles. The molecule has 1 aliphatic heterocycles. The molecule has 0 saturated carbocycles. The van der Waals surface area contributed by atoms with Gasteiger partial charge in [0.05, 0.1) is 0 Å². The molecule has 1 fully saturated rings. The van der Waals surface area contributed by atoms with E-state index in [0.717, 1.165) is 32.6 Å². The lowest BCUT2D eigenvalue weighted by molar-refractivity contribution is 0.193. The highest BCUT2D eigenvalue weighted by atomic mass is 79.9. The van der Waals surface area contributed by atoms with Gasteiger partial charge in [0.2, 0.25) is 0 Å². The summed E-state index contributed by atoms with van der Waals surface area (Å²) in [4.78, 5) is 5.08. The second kappa shape index (κ2) is 7.61. The number of hydrogen-bond donors (Lipinski definition) is 1. The van der Waals surface area contributed by atoms with E-state index in [1.165, 1.54) is 22.1 Å². The first-order valence-corrected chi connectivity index (χ1v) is 8.83. The van der Waals surface area contributed by atoms with Crippen LogP contribution in [-0.4, -0.2) is 43.2 Å². The quantitative estimate of drug-likeness (QED) is 0.881. The molecule has 4 heteroatoms. The van der Waals surface area contributed by atoms with Crippen LogP contribution in [0.1, 0.15) is 32.8 Å². The second-order valence-corrected chi connectivity index (χ2v) is 7.09. The first kappa shape index (κ1) is 16.8. The first-order chi connectivity index (χ1) is 10.0. The van der Waals surface area contributed by atoms with E-state index < -0.39 is 0 Å². The molecular weight excluding hydrogens is 326 g/mol. The number of anilines is 1. The van der Waals surface area contributed by atoms with Gasteiger partial charge in [-0.15, -0.1) is 0 Å². The Bertz CT molecular complexity index is 453. The Balaban J connectivity index is 1.99. The average Bonchev–Trinajstić information content (AvgIpc) is 2.48. The highest BCUT2D eigenvalue weighted by Gasteiger charge is 2.20. The molecule has 1 saturated heterocycles. The zero-order valence-electron chi connectivity index (χ0n) is 13.5. The molecule has 1 aliphatic rings. The summed E-state index contributed by atoms with van der Waals surface area (Å²) in [6.07, 6.45) is 2.15. The van der Waals surface area contributed by atoms with Crippen LogP contribution < -0.4 is 10.6 Å². The number of benzene rings is 1. The van der Waals surface area contributed by atoms with Crippen molar-refractivity contribution in [1.82, 2.24) is 4.90 Å². The maximum atomic E-state index is 5.89. The van der Waals surface area contributed by atoms with E-state index in [1.807, 2.05) is 0 Å². The minimum absolute atomic E-state index is 0.200. The van der Waals surface area contributed by atoms with Crippen LogP contribution in [0.5, 0.6) is 0 Å². The number of nitrogens with two attached hydrogens (primary N) is 1. The molecule has 3 nitrogen and oxygen atoms in total. The van der Waals surface area contributed by atoms with Gasteiger partial charge in [0.25, 0.3) is 0 Å². The SMILES string of the molecule is CCC(C)N1CCN(c2ccc(CC(C)N)c(Br)c2)CC1. The summed E-state index contributed by atoms with van der Waals surface area (Å²) in [6.45, 7) is 11.2. The van der Waals surface area contributed by atoms with Crippen molar-refractivity contribution < 1.29 is 0 Å².